The van der Waals surface area contributed by atoms with Gasteiger partial charge in [0.25, 0.3) is 0 Å². The van der Waals surface area contributed by atoms with Crippen molar-refractivity contribution >= 4 is 27.5 Å². The smallest absolute Gasteiger partial charge is 0.244 e. The molecule has 1 unspecified atom stereocenters. The van der Waals surface area contributed by atoms with Crippen LogP contribution in [0, 0.1) is 18.6 Å². The van der Waals surface area contributed by atoms with Crippen LogP contribution in [0.5, 0.6) is 0 Å². The van der Waals surface area contributed by atoms with Gasteiger partial charge in [0.1, 0.15) is 12.6 Å². The van der Waals surface area contributed by atoms with Crippen LogP contribution in [0.15, 0.2) is 72.8 Å². The van der Waals surface area contributed by atoms with E-state index in [-0.39, 0.29) is 18.7 Å². The Morgan fingerprint density at radius 1 is 0.900 bits per heavy atom. The quantitative estimate of drug-likeness (QED) is 0.386. The van der Waals surface area contributed by atoms with E-state index in [4.69, 9.17) is 0 Å². The van der Waals surface area contributed by atoms with Crippen LogP contribution < -0.4 is 9.62 Å². The van der Waals surface area contributed by atoms with E-state index >= 15 is 0 Å². The van der Waals surface area contributed by atoms with Gasteiger partial charge in [0.2, 0.25) is 21.8 Å². The fourth-order valence-corrected chi connectivity index (χ4v) is 5.11. The van der Waals surface area contributed by atoms with Crippen molar-refractivity contribution in [2.45, 2.75) is 52.2 Å². The fourth-order valence-electron chi connectivity index (χ4n) is 4.27. The third-order valence-corrected chi connectivity index (χ3v) is 7.22. The molecule has 0 saturated carbocycles. The summed E-state index contributed by atoms with van der Waals surface area (Å²) in [5, 5.41) is 2.95. The Morgan fingerprint density at radius 2 is 1.55 bits per heavy atom. The molecule has 3 aromatic rings. The third kappa shape index (κ3) is 8.61. The fraction of sp³-hybridized carbons (Fsp3) is 0.333. The van der Waals surface area contributed by atoms with Crippen LogP contribution in [0.1, 0.15) is 37.5 Å². The average Bonchev–Trinajstić information content (AvgIpc) is 2.85. The minimum atomic E-state index is -4.09. The topological polar surface area (TPSA) is 86.8 Å². The molecule has 3 rings (SSSR count). The van der Waals surface area contributed by atoms with E-state index in [9.17, 15) is 26.8 Å². The summed E-state index contributed by atoms with van der Waals surface area (Å²) in [6.07, 6.45) is 1.05. The highest BCUT2D eigenvalue weighted by Gasteiger charge is 2.34. The summed E-state index contributed by atoms with van der Waals surface area (Å²) in [6, 6.07) is 18.2. The SMILES string of the molecule is Cc1cccc(CN(C(=O)CN(c2ccc(F)c(F)c2)S(C)(=O)=O)C(Cc2ccccc2)C(=O)NC(C)(C)C)c1. The van der Waals surface area contributed by atoms with Gasteiger partial charge in [-0.15, -0.1) is 0 Å². The zero-order chi connectivity index (χ0) is 29.7. The molecular formula is C30H35F2N3O4S. The minimum Gasteiger partial charge on any atom is -0.350 e. The Bertz CT molecular complexity index is 1460. The zero-order valence-corrected chi connectivity index (χ0v) is 24.1. The molecule has 1 N–H and O–H groups in total. The second-order valence-electron chi connectivity index (χ2n) is 10.8. The number of hydrogen-bond acceptors (Lipinski definition) is 4. The summed E-state index contributed by atoms with van der Waals surface area (Å²) in [7, 11) is -4.09. The number of rotatable bonds is 10. The van der Waals surface area contributed by atoms with Crippen LogP contribution in [0.3, 0.4) is 0 Å². The highest BCUT2D eigenvalue weighted by atomic mass is 32.2. The number of nitrogens with zero attached hydrogens (tertiary/aromatic N) is 2. The van der Waals surface area contributed by atoms with E-state index in [1.54, 1.807) is 0 Å². The molecule has 0 aliphatic carbocycles. The molecule has 0 bridgehead atoms. The second-order valence-corrected chi connectivity index (χ2v) is 12.7. The van der Waals surface area contributed by atoms with Crippen molar-refractivity contribution in [3.63, 3.8) is 0 Å². The maximum absolute atomic E-state index is 14.0. The molecule has 0 aliphatic heterocycles. The third-order valence-electron chi connectivity index (χ3n) is 6.08. The largest absolute Gasteiger partial charge is 0.350 e. The molecule has 10 heteroatoms. The number of hydrogen-bond donors (Lipinski definition) is 1. The Labute approximate surface area is 234 Å². The van der Waals surface area contributed by atoms with E-state index < -0.39 is 51.6 Å². The maximum atomic E-state index is 14.0. The van der Waals surface area contributed by atoms with Gasteiger partial charge in [0.05, 0.1) is 11.9 Å². The van der Waals surface area contributed by atoms with Gasteiger partial charge in [-0.2, -0.15) is 0 Å². The molecule has 2 amide bonds. The molecule has 214 valence electrons. The molecule has 40 heavy (non-hydrogen) atoms. The Morgan fingerprint density at radius 3 is 2.12 bits per heavy atom. The van der Waals surface area contributed by atoms with Crippen molar-refractivity contribution < 1.29 is 26.8 Å². The molecule has 3 aromatic carbocycles. The Hall–Kier alpha value is -3.79. The van der Waals surface area contributed by atoms with Gasteiger partial charge in [-0.1, -0.05) is 60.2 Å². The highest BCUT2D eigenvalue weighted by Crippen LogP contribution is 2.23. The molecule has 1 atom stereocenters. The van der Waals surface area contributed by atoms with Crippen molar-refractivity contribution in [2.75, 3.05) is 17.1 Å². The maximum Gasteiger partial charge on any atom is 0.244 e. The van der Waals surface area contributed by atoms with Gasteiger partial charge in [0.15, 0.2) is 11.6 Å². The van der Waals surface area contributed by atoms with Gasteiger partial charge in [-0.05, 0) is 51.0 Å². The second kappa shape index (κ2) is 12.6. The number of nitrogens with one attached hydrogen (secondary N) is 1. The summed E-state index contributed by atoms with van der Waals surface area (Å²) in [5.41, 5.74) is 1.69. The number of carbonyl (C=O) groups is 2. The van der Waals surface area contributed by atoms with Crippen LogP contribution >= 0.6 is 0 Å². The number of amides is 2. The molecule has 0 aliphatic rings. The van der Waals surface area contributed by atoms with Crippen molar-refractivity contribution in [1.82, 2.24) is 10.2 Å². The summed E-state index contributed by atoms with van der Waals surface area (Å²) < 4.78 is 53.8. The minimum absolute atomic E-state index is 0.0188. The van der Waals surface area contributed by atoms with Crippen molar-refractivity contribution in [3.05, 3.63) is 101 Å². The molecule has 0 spiro atoms. The number of halogens is 2. The molecule has 0 heterocycles. The summed E-state index contributed by atoms with van der Waals surface area (Å²) in [4.78, 5) is 29.0. The number of sulfonamides is 1. The first-order valence-corrected chi connectivity index (χ1v) is 14.6. The zero-order valence-electron chi connectivity index (χ0n) is 23.3. The van der Waals surface area contributed by atoms with E-state index in [0.29, 0.717) is 4.31 Å². The van der Waals surface area contributed by atoms with Crippen LogP contribution in [0.4, 0.5) is 14.5 Å². The van der Waals surface area contributed by atoms with E-state index in [1.165, 1.54) is 4.90 Å². The first kappa shape index (κ1) is 30.7. The number of anilines is 1. The monoisotopic (exact) mass is 571 g/mol. The first-order valence-electron chi connectivity index (χ1n) is 12.8. The number of benzene rings is 3. The summed E-state index contributed by atoms with van der Waals surface area (Å²) in [6.45, 7) is 6.68. The predicted octanol–water partition coefficient (Wildman–Crippen LogP) is 4.59. The summed E-state index contributed by atoms with van der Waals surface area (Å²) >= 11 is 0. The molecular weight excluding hydrogens is 536 g/mol. The lowest BCUT2D eigenvalue weighted by Gasteiger charge is -2.35. The van der Waals surface area contributed by atoms with E-state index in [1.807, 2.05) is 82.3 Å². The Balaban J connectivity index is 2.09. The number of aryl methyl sites for hydroxylation is 1. The van der Waals surface area contributed by atoms with Crippen LogP contribution in [-0.2, 0) is 32.6 Å². The van der Waals surface area contributed by atoms with Crippen LogP contribution in [0.2, 0.25) is 0 Å². The highest BCUT2D eigenvalue weighted by molar-refractivity contribution is 7.92. The van der Waals surface area contributed by atoms with Gasteiger partial charge in [-0.3, -0.25) is 13.9 Å². The van der Waals surface area contributed by atoms with Crippen LogP contribution in [-0.4, -0.2) is 49.5 Å². The molecule has 7 nitrogen and oxygen atoms in total. The van der Waals surface area contributed by atoms with Crippen LogP contribution in [0.25, 0.3) is 0 Å². The normalized spacial score (nSPS) is 12.5. The van der Waals surface area contributed by atoms with Gasteiger partial charge < -0.3 is 10.2 Å². The average molecular weight is 572 g/mol. The lowest BCUT2D eigenvalue weighted by atomic mass is 10.0. The van der Waals surface area contributed by atoms with Gasteiger partial charge >= 0.3 is 0 Å². The first-order chi connectivity index (χ1) is 18.6. The lowest BCUT2D eigenvalue weighted by Crippen LogP contribution is -2.56. The molecule has 0 aromatic heterocycles. The lowest BCUT2D eigenvalue weighted by molar-refractivity contribution is -0.140. The Kier molecular flexibility index (Phi) is 9.68. The molecule has 0 fully saturated rings. The number of carbonyl (C=O) groups excluding carboxylic acids is 2. The van der Waals surface area contributed by atoms with Crippen molar-refractivity contribution in [3.8, 4) is 0 Å². The predicted molar refractivity (Wildman–Crippen MR) is 152 cm³/mol. The molecule has 0 radical (unpaired) electrons. The summed E-state index contributed by atoms with van der Waals surface area (Å²) in [5.74, 6) is -3.48. The van der Waals surface area contributed by atoms with E-state index in [0.717, 1.165) is 41.1 Å². The van der Waals surface area contributed by atoms with Gasteiger partial charge in [-0.25, -0.2) is 17.2 Å². The van der Waals surface area contributed by atoms with Crippen molar-refractivity contribution in [1.29, 1.82) is 0 Å². The molecule has 0 saturated heterocycles. The van der Waals surface area contributed by atoms with E-state index in [2.05, 4.69) is 5.32 Å². The van der Waals surface area contributed by atoms with Crippen molar-refractivity contribution in [2.24, 2.45) is 0 Å². The van der Waals surface area contributed by atoms with Gasteiger partial charge in [0, 0.05) is 24.6 Å². The standard InChI is InChI=1S/C30H35F2N3O4S/c1-21-10-9-13-23(16-21)19-34(27(29(37)33-30(2,3)4)17-22-11-7-6-8-12-22)28(36)20-35(40(5,38)39)24-14-15-25(31)26(32)18-24/h6-16,18,27H,17,19-20H2,1-5H3,(H,33,37).